The van der Waals surface area contributed by atoms with Crippen LogP contribution < -0.4 is 5.56 Å². The Morgan fingerprint density at radius 2 is 2.31 bits per heavy atom. The molecule has 0 aliphatic carbocycles. The first kappa shape index (κ1) is 7.79. The van der Waals surface area contributed by atoms with Crippen molar-refractivity contribution in [3.05, 3.63) is 34.7 Å². The number of fused-ring (bicyclic) bond motifs is 1. The van der Waals surface area contributed by atoms with Gasteiger partial charge in [-0.1, -0.05) is 0 Å². The van der Waals surface area contributed by atoms with Gasteiger partial charge in [0, 0.05) is 19.3 Å². The summed E-state index contributed by atoms with van der Waals surface area (Å²) in [6.07, 6.45) is 1.58. The van der Waals surface area contributed by atoms with Crippen LogP contribution in [0.2, 0.25) is 0 Å². The molecule has 2 aromatic heterocycles. The average Bonchev–Trinajstić information content (AvgIpc) is 2.15. The van der Waals surface area contributed by atoms with Crippen LogP contribution in [0.1, 0.15) is 0 Å². The summed E-state index contributed by atoms with van der Waals surface area (Å²) in [5.74, 6) is -0.0706. The quantitative estimate of drug-likeness (QED) is 0.640. The third kappa shape index (κ3) is 1.07. The number of hydrogen-bond donors (Lipinski definition) is 1. The Kier molecular flexibility index (Phi) is 1.55. The van der Waals surface area contributed by atoms with Gasteiger partial charge in [0.05, 0.1) is 5.52 Å². The summed E-state index contributed by atoms with van der Waals surface area (Å²) < 4.78 is 1.45. The number of pyridine rings is 2. The van der Waals surface area contributed by atoms with Crippen molar-refractivity contribution in [3.8, 4) is 5.75 Å². The first-order valence-electron chi connectivity index (χ1n) is 3.84. The summed E-state index contributed by atoms with van der Waals surface area (Å²) in [5.41, 5.74) is 0.843. The van der Waals surface area contributed by atoms with Crippen LogP contribution in [-0.2, 0) is 7.05 Å². The summed E-state index contributed by atoms with van der Waals surface area (Å²) >= 11 is 0. The summed E-state index contributed by atoms with van der Waals surface area (Å²) in [5, 5.41) is 9.40. The van der Waals surface area contributed by atoms with Gasteiger partial charge in [0.25, 0.3) is 5.56 Å². The Hall–Kier alpha value is -1.84. The van der Waals surface area contributed by atoms with Crippen LogP contribution in [0.3, 0.4) is 0 Å². The minimum Gasteiger partial charge on any atom is -0.505 e. The molecule has 0 aromatic carbocycles. The smallest absolute Gasteiger partial charge is 0.254 e. The van der Waals surface area contributed by atoms with Gasteiger partial charge < -0.3 is 9.67 Å². The minimum absolute atomic E-state index is 0.0706. The predicted octanol–water partition coefficient (Wildman–Crippen LogP) is 0.639. The summed E-state index contributed by atoms with van der Waals surface area (Å²) in [6.45, 7) is 0. The van der Waals surface area contributed by atoms with E-state index in [2.05, 4.69) is 4.98 Å². The monoisotopic (exact) mass is 176 g/mol. The van der Waals surface area contributed by atoms with E-state index in [0.717, 1.165) is 6.07 Å². The van der Waals surface area contributed by atoms with Gasteiger partial charge in [0.15, 0.2) is 0 Å². The highest BCUT2D eigenvalue weighted by atomic mass is 16.3. The number of aromatic nitrogens is 2. The Labute approximate surface area is 74.1 Å². The van der Waals surface area contributed by atoms with Crippen molar-refractivity contribution in [2.75, 3.05) is 0 Å². The minimum atomic E-state index is -0.238. The highest BCUT2D eigenvalue weighted by Crippen LogP contribution is 2.17. The molecule has 2 aromatic rings. The van der Waals surface area contributed by atoms with Gasteiger partial charge >= 0.3 is 0 Å². The first-order valence-corrected chi connectivity index (χ1v) is 3.84. The molecule has 0 aliphatic heterocycles. The van der Waals surface area contributed by atoms with Crippen molar-refractivity contribution in [2.24, 2.45) is 7.05 Å². The molecule has 1 N–H and O–H groups in total. The maximum Gasteiger partial charge on any atom is 0.254 e. The van der Waals surface area contributed by atoms with Crippen molar-refractivity contribution in [1.82, 2.24) is 9.55 Å². The van der Waals surface area contributed by atoms with Crippen LogP contribution >= 0.6 is 0 Å². The molecule has 2 heterocycles. The van der Waals surface area contributed by atoms with Gasteiger partial charge in [-0.25, -0.2) is 0 Å². The van der Waals surface area contributed by atoms with E-state index in [-0.39, 0.29) is 11.3 Å². The Morgan fingerprint density at radius 3 is 3.08 bits per heavy atom. The molecule has 0 unspecified atom stereocenters. The van der Waals surface area contributed by atoms with E-state index in [0.29, 0.717) is 11.0 Å². The standard InChI is InChI=1S/C9H8N2O2/c1-11-6-3-2-4-10-9(6)7(12)5-8(11)13/h2-5,12H,1H3. The molecule has 0 amide bonds. The Bertz CT molecular complexity index is 516. The van der Waals surface area contributed by atoms with Crippen LogP contribution in [0.15, 0.2) is 29.2 Å². The lowest BCUT2D eigenvalue weighted by atomic mass is 10.3. The fourth-order valence-electron chi connectivity index (χ4n) is 1.27. The lowest BCUT2D eigenvalue weighted by Gasteiger charge is -2.03. The van der Waals surface area contributed by atoms with Crippen molar-refractivity contribution >= 4 is 11.0 Å². The van der Waals surface area contributed by atoms with Crippen LogP contribution in [0.5, 0.6) is 5.75 Å². The highest BCUT2D eigenvalue weighted by Gasteiger charge is 2.04. The molecule has 0 fully saturated rings. The second kappa shape index (κ2) is 2.58. The third-order valence-corrected chi connectivity index (χ3v) is 1.98. The second-order valence-electron chi connectivity index (χ2n) is 2.80. The van der Waals surface area contributed by atoms with E-state index in [4.69, 9.17) is 0 Å². The molecule has 4 heteroatoms. The molecule has 4 nitrogen and oxygen atoms in total. The molecule has 0 spiro atoms. The van der Waals surface area contributed by atoms with Gasteiger partial charge in [-0.05, 0) is 12.1 Å². The molecule has 0 saturated heterocycles. The first-order chi connectivity index (χ1) is 6.20. The van der Waals surface area contributed by atoms with E-state index < -0.39 is 0 Å². The number of nitrogens with zero attached hydrogens (tertiary/aromatic N) is 2. The SMILES string of the molecule is Cn1c(=O)cc(O)c2ncccc21. The molecular weight excluding hydrogens is 168 g/mol. The van der Waals surface area contributed by atoms with Gasteiger partial charge in [-0.2, -0.15) is 0 Å². The van der Waals surface area contributed by atoms with Crippen LogP contribution in [0, 0.1) is 0 Å². The zero-order valence-corrected chi connectivity index (χ0v) is 7.06. The Balaban J connectivity index is 3.06. The molecule has 0 bridgehead atoms. The topological polar surface area (TPSA) is 55.1 Å². The summed E-state index contributed by atoms with van der Waals surface area (Å²) in [6, 6.07) is 4.62. The zero-order chi connectivity index (χ0) is 9.42. The van der Waals surface area contributed by atoms with Crippen LogP contribution in [0.4, 0.5) is 0 Å². The van der Waals surface area contributed by atoms with Crippen molar-refractivity contribution in [3.63, 3.8) is 0 Å². The summed E-state index contributed by atoms with van der Waals surface area (Å²) in [7, 11) is 1.64. The zero-order valence-electron chi connectivity index (χ0n) is 7.06. The van der Waals surface area contributed by atoms with E-state index in [1.807, 2.05) is 0 Å². The van der Waals surface area contributed by atoms with E-state index >= 15 is 0 Å². The maximum atomic E-state index is 11.2. The fraction of sp³-hybridized carbons (Fsp3) is 0.111. The van der Waals surface area contributed by atoms with Crippen LogP contribution in [-0.4, -0.2) is 14.7 Å². The molecule has 0 saturated carbocycles. The van der Waals surface area contributed by atoms with E-state index in [1.54, 1.807) is 25.4 Å². The molecular formula is C9H8N2O2. The largest absolute Gasteiger partial charge is 0.505 e. The lowest BCUT2D eigenvalue weighted by molar-refractivity contribution is 0.478. The van der Waals surface area contributed by atoms with Crippen molar-refractivity contribution in [1.29, 1.82) is 0 Å². The van der Waals surface area contributed by atoms with Gasteiger partial charge in [-0.15, -0.1) is 0 Å². The van der Waals surface area contributed by atoms with Gasteiger partial charge in [-0.3, -0.25) is 9.78 Å². The molecule has 2 rings (SSSR count). The Morgan fingerprint density at radius 1 is 1.54 bits per heavy atom. The molecule has 0 aliphatic rings. The molecule has 0 radical (unpaired) electrons. The van der Waals surface area contributed by atoms with Crippen LogP contribution in [0.25, 0.3) is 11.0 Å². The molecule has 66 valence electrons. The van der Waals surface area contributed by atoms with E-state index in [1.165, 1.54) is 4.57 Å². The van der Waals surface area contributed by atoms with Gasteiger partial charge in [0.2, 0.25) is 0 Å². The highest BCUT2D eigenvalue weighted by molar-refractivity contribution is 5.80. The van der Waals surface area contributed by atoms with Crippen molar-refractivity contribution in [2.45, 2.75) is 0 Å². The number of aryl methyl sites for hydroxylation is 1. The second-order valence-corrected chi connectivity index (χ2v) is 2.80. The molecule has 13 heavy (non-hydrogen) atoms. The maximum absolute atomic E-state index is 11.2. The predicted molar refractivity (Wildman–Crippen MR) is 48.6 cm³/mol. The number of hydrogen-bond acceptors (Lipinski definition) is 3. The summed E-state index contributed by atoms with van der Waals surface area (Å²) in [4.78, 5) is 15.2. The third-order valence-electron chi connectivity index (χ3n) is 1.98. The average molecular weight is 176 g/mol. The van der Waals surface area contributed by atoms with Gasteiger partial charge in [0.1, 0.15) is 11.3 Å². The lowest BCUT2D eigenvalue weighted by Crippen LogP contribution is -2.15. The number of aromatic hydroxyl groups is 1. The molecule has 0 atom stereocenters. The van der Waals surface area contributed by atoms with Crippen molar-refractivity contribution < 1.29 is 5.11 Å². The number of rotatable bonds is 0. The fourth-order valence-corrected chi connectivity index (χ4v) is 1.27. The normalized spacial score (nSPS) is 10.5. The van der Waals surface area contributed by atoms with E-state index in [9.17, 15) is 9.90 Å².